The Morgan fingerprint density at radius 2 is 1.88 bits per heavy atom. The van der Waals surface area contributed by atoms with Crippen LogP contribution in [-0.4, -0.2) is 44.0 Å². The van der Waals surface area contributed by atoms with E-state index in [1.165, 1.54) is 19.5 Å². The van der Waals surface area contributed by atoms with Gasteiger partial charge in [0, 0.05) is 24.8 Å². The van der Waals surface area contributed by atoms with Crippen LogP contribution in [-0.2, 0) is 9.53 Å². The summed E-state index contributed by atoms with van der Waals surface area (Å²) in [5.74, 6) is 2.02. The largest absolute Gasteiger partial charge is 0.380 e. The van der Waals surface area contributed by atoms with E-state index in [1.807, 2.05) is 0 Å². The maximum atomic E-state index is 11.4. The Labute approximate surface area is 104 Å². The first-order chi connectivity index (χ1) is 8.21. The van der Waals surface area contributed by atoms with Crippen LogP contribution < -0.4 is 0 Å². The molecule has 0 aromatic carbocycles. The molecule has 1 atom stereocenters. The van der Waals surface area contributed by atoms with E-state index in [0.717, 1.165) is 50.7 Å². The standard InChI is InChI=1S/C14H23NO2/c1-15-7-6-12(8-15)14(9-17-10-14)11-2-4-13(16)5-3-11/h11-12H,2-10H2,1H3. The highest BCUT2D eigenvalue weighted by Crippen LogP contribution is 2.50. The molecule has 3 rings (SSSR count). The highest BCUT2D eigenvalue weighted by atomic mass is 16.5. The summed E-state index contributed by atoms with van der Waals surface area (Å²) in [6.45, 7) is 4.36. The van der Waals surface area contributed by atoms with E-state index in [0.29, 0.717) is 11.2 Å². The van der Waals surface area contributed by atoms with Crippen LogP contribution >= 0.6 is 0 Å². The summed E-state index contributed by atoms with van der Waals surface area (Å²) < 4.78 is 5.56. The molecule has 96 valence electrons. The number of carbonyl (C=O) groups excluding carboxylic acids is 1. The molecule has 3 fully saturated rings. The van der Waals surface area contributed by atoms with E-state index in [2.05, 4.69) is 11.9 Å². The number of likely N-dealkylation sites (tertiary alicyclic amines) is 1. The van der Waals surface area contributed by atoms with Gasteiger partial charge in [-0.3, -0.25) is 4.79 Å². The Morgan fingerprint density at radius 3 is 2.35 bits per heavy atom. The highest BCUT2D eigenvalue weighted by Gasteiger charge is 2.52. The fourth-order valence-corrected chi connectivity index (χ4v) is 4.06. The molecule has 1 unspecified atom stereocenters. The second-order valence-electron chi connectivity index (χ2n) is 6.29. The monoisotopic (exact) mass is 237 g/mol. The number of carbonyl (C=O) groups is 1. The summed E-state index contributed by atoms with van der Waals surface area (Å²) in [6, 6.07) is 0. The van der Waals surface area contributed by atoms with Gasteiger partial charge in [0.25, 0.3) is 0 Å². The van der Waals surface area contributed by atoms with Crippen molar-refractivity contribution in [3.8, 4) is 0 Å². The Balaban J connectivity index is 1.71. The van der Waals surface area contributed by atoms with Gasteiger partial charge < -0.3 is 9.64 Å². The molecule has 0 radical (unpaired) electrons. The van der Waals surface area contributed by atoms with Crippen LogP contribution in [0.1, 0.15) is 32.1 Å². The minimum absolute atomic E-state index is 0.422. The van der Waals surface area contributed by atoms with E-state index in [4.69, 9.17) is 4.74 Å². The Bertz CT molecular complexity index is 301. The van der Waals surface area contributed by atoms with E-state index < -0.39 is 0 Å². The maximum Gasteiger partial charge on any atom is 0.132 e. The summed E-state index contributed by atoms with van der Waals surface area (Å²) in [5, 5.41) is 0. The van der Waals surface area contributed by atoms with Crippen molar-refractivity contribution < 1.29 is 9.53 Å². The van der Waals surface area contributed by atoms with Gasteiger partial charge in [0.2, 0.25) is 0 Å². The number of ketones is 1. The molecule has 0 bridgehead atoms. The number of nitrogens with zero attached hydrogens (tertiary/aromatic N) is 1. The van der Waals surface area contributed by atoms with Gasteiger partial charge in [-0.15, -0.1) is 0 Å². The number of hydrogen-bond acceptors (Lipinski definition) is 3. The Kier molecular flexibility index (Phi) is 2.99. The molecule has 0 amide bonds. The van der Waals surface area contributed by atoms with Crippen LogP contribution in [0.4, 0.5) is 0 Å². The predicted molar refractivity (Wildman–Crippen MR) is 65.8 cm³/mol. The van der Waals surface area contributed by atoms with Crippen molar-refractivity contribution in [3.05, 3.63) is 0 Å². The van der Waals surface area contributed by atoms with Crippen molar-refractivity contribution in [2.45, 2.75) is 32.1 Å². The van der Waals surface area contributed by atoms with Crippen LogP contribution in [0.5, 0.6) is 0 Å². The molecule has 0 aromatic rings. The van der Waals surface area contributed by atoms with Gasteiger partial charge in [0.05, 0.1) is 13.2 Å². The third-order valence-electron chi connectivity index (χ3n) is 5.30. The molecule has 1 saturated carbocycles. The predicted octanol–water partition coefficient (Wildman–Crippen LogP) is 1.71. The molecule has 1 aliphatic carbocycles. The molecule has 3 nitrogen and oxygen atoms in total. The Morgan fingerprint density at radius 1 is 1.18 bits per heavy atom. The van der Waals surface area contributed by atoms with Gasteiger partial charge in [-0.25, -0.2) is 0 Å². The number of rotatable bonds is 2. The van der Waals surface area contributed by atoms with E-state index >= 15 is 0 Å². The molecule has 0 aromatic heterocycles. The SMILES string of the molecule is CN1CCC(C2(C3CCC(=O)CC3)COC2)C1. The second kappa shape index (κ2) is 4.36. The summed E-state index contributed by atoms with van der Waals surface area (Å²) in [7, 11) is 2.22. The molecule has 0 spiro atoms. The average Bonchev–Trinajstić information content (AvgIpc) is 2.67. The van der Waals surface area contributed by atoms with Gasteiger partial charge in [0.1, 0.15) is 5.78 Å². The van der Waals surface area contributed by atoms with Crippen LogP contribution in [0.3, 0.4) is 0 Å². The highest BCUT2D eigenvalue weighted by molar-refractivity contribution is 5.79. The molecule has 3 heteroatoms. The van der Waals surface area contributed by atoms with Crippen molar-refractivity contribution >= 4 is 5.78 Å². The molecule has 3 aliphatic rings. The van der Waals surface area contributed by atoms with E-state index in [-0.39, 0.29) is 0 Å². The van der Waals surface area contributed by atoms with Gasteiger partial charge in [-0.05, 0) is 44.7 Å². The molecule has 17 heavy (non-hydrogen) atoms. The summed E-state index contributed by atoms with van der Waals surface area (Å²) in [4.78, 5) is 13.8. The summed E-state index contributed by atoms with van der Waals surface area (Å²) in [5.41, 5.74) is 0.422. The minimum atomic E-state index is 0.422. The van der Waals surface area contributed by atoms with Gasteiger partial charge in [-0.2, -0.15) is 0 Å². The van der Waals surface area contributed by atoms with Crippen molar-refractivity contribution in [1.29, 1.82) is 0 Å². The lowest BCUT2D eigenvalue weighted by Gasteiger charge is -2.52. The van der Waals surface area contributed by atoms with Gasteiger partial charge >= 0.3 is 0 Å². The topological polar surface area (TPSA) is 29.5 Å². The number of hydrogen-bond donors (Lipinski definition) is 0. The van der Waals surface area contributed by atoms with Crippen molar-refractivity contribution in [2.24, 2.45) is 17.3 Å². The van der Waals surface area contributed by atoms with Crippen LogP contribution in [0.2, 0.25) is 0 Å². The molecular formula is C14H23NO2. The first-order valence-corrected chi connectivity index (χ1v) is 6.99. The smallest absolute Gasteiger partial charge is 0.132 e. The molecule has 2 heterocycles. The average molecular weight is 237 g/mol. The molecule has 0 N–H and O–H groups in total. The van der Waals surface area contributed by atoms with Crippen molar-refractivity contribution in [3.63, 3.8) is 0 Å². The normalized spacial score (nSPS) is 34.9. The Hall–Kier alpha value is -0.410. The first kappa shape index (κ1) is 11.7. The van der Waals surface area contributed by atoms with E-state index in [9.17, 15) is 4.79 Å². The number of Topliss-reactive ketones (excluding diaryl/α,β-unsaturated/α-hetero) is 1. The molecule has 2 saturated heterocycles. The summed E-state index contributed by atoms with van der Waals surface area (Å²) >= 11 is 0. The van der Waals surface area contributed by atoms with Gasteiger partial charge in [0.15, 0.2) is 0 Å². The first-order valence-electron chi connectivity index (χ1n) is 6.99. The fourth-order valence-electron chi connectivity index (χ4n) is 4.06. The van der Waals surface area contributed by atoms with Gasteiger partial charge in [-0.1, -0.05) is 0 Å². The van der Waals surface area contributed by atoms with E-state index in [1.54, 1.807) is 0 Å². The zero-order valence-corrected chi connectivity index (χ0v) is 10.8. The summed E-state index contributed by atoms with van der Waals surface area (Å²) in [6.07, 6.45) is 5.18. The lowest BCUT2D eigenvalue weighted by molar-refractivity contribution is -0.182. The minimum Gasteiger partial charge on any atom is -0.380 e. The molecule has 2 aliphatic heterocycles. The van der Waals surface area contributed by atoms with Crippen molar-refractivity contribution in [1.82, 2.24) is 4.90 Å². The fraction of sp³-hybridized carbons (Fsp3) is 0.929. The number of ether oxygens (including phenoxy) is 1. The lowest BCUT2D eigenvalue weighted by atomic mass is 9.60. The third-order valence-corrected chi connectivity index (χ3v) is 5.30. The lowest BCUT2D eigenvalue weighted by Crippen LogP contribution is -2.55. The molecular weight excluding hydrogens is 214 g/mol. The van der Waals surface area contributed by atoms with Crippen LogP contribution in [0.15, 0.2) is 0 Å². The zero-order chi connectivity index (χ0) is 11.9. The maximum absolute atomic E-state index is 11.4. The quantitative estimate of drug-likeness (QED) is 0.732. The van der Waals surface area contributed by atoms with Crippen LogP contribution in [0, 0.1) is 17.3 Å². The second-order valence-corrected chi connectivity index (χ2v) is 6.29. The third kappa shape index (κ3) is 1.93. The van der Waals surface area contributed by atoms with Crippen LogP contribution in [0.25, 0.3) is 0 Å². The van der Waals surface area contributed by atoms with Crippen molar-refractivity contribution in [2.75, 3.05) is 33.4 Å². The zero-order valence-electron chi connectivity index (χ0n) is 10.8.